The number of amides is 1. The highest BCUT2D eigenvalue weighted by Gasteiger charge is 2.24. The van der Waals surface area contributed by atoms with Gasteiger partial charge in [-0.2, -0.15) is 0 Å². The Kier molecular flexibility index (Phi) is 4.60. The summed E-state index contributed by atoms with van der Waals surface area (Å²) in [5, 5.41) is 4.81. The minimum atomic E-state index is -0.522. The molecule has 0 unspecified atom stereocenters. The van der Waals surface area contributed by atoms with Crippen LogP contribution in [0.2, 0.25) is 0 Å². The lowest BCUT2D eigenvalue weighted by atomic mass is 9.91. The minimum Gasteiger partial charge on any atom is -0.351 e. The van der Waals surface area contributed by atoms with Crippen molar-refractivity contribution in [3.05, 3.63) is 56.4 Å². The summed E-state index contributed by atoms with van der Waals surface area (Å²) in [5.74, 6) is -0.926. The molecule has 5 heteroatoms. The van der Waals surface area contributed by atoms with Crippen LogP contribution >= 0.6 is 27.3 Å². The summed E-state index contributed by atoms with van der Waals surface area (Å²) >= 11 is 4.86. The molecule has 2 aromatic rings. The lowest BCUT2D eigenvalue weighted by Gasteiger charge is -2.23. The van der Waals surface area contributed by atoms with Crippen LogP contribution in [0.1, 0.15) is 29.1 Å². The molecule has 0 saturated carbocycles. The smallest absolute Gasteiger partial charge is 0.255 e. The van der Waals surface area contributed by atoms with Crippen molar-refractivity contribution in [2.45, 2.75) is 19.3 Å². The molecule has 1 aromatic heterocycles. The molecular weight excluding hydrogens is 341 g/mol. The summed E-state index contributed by atoms with van der Waals surface area (Å²) in [6.45, 7) is 4.55. The van der Waals surface area contributed by atoms with E-state index >= 15 is 0 Å². The highest BCUT2D eigenvalue weighted by atomic mass is 79.9. The molecule has 0 spiro atoms. The van der Waals surface area contributed by atoms with E-state index in [1.807, 2.05) is 17.5 Å². The largest absolute Gasteiger partial charge is 0.351 e. The highest BCUT2D eigenvalue weighted by molar-refractivity contribution is 9.10. The monoisotopic (exact) mass is 355 g/mol. The molecular formula is C15H15BrFNOS. The van der Waals surface area contributed by atoms with Crippen LogP contribution < -0.4 is 5.32 Å². The van der Waals surface area contributed by atoms with Crippen molar-refractivity contribution in [2.75, 3.05) is 6.54 Å². The fraction of sp³-hybridized carbons (Fsp3) is 0.267. The summed E-state index contributed by atoms with van der Waals surface area (Å²) in [7, 11) is 0. The van der Waals surface area contributed by atoms with Gasteiger partial charge in [-0.25, -0.2) is 4.39 Å². The number of thiophene rings is 1. The number of carbonyl (C=O) groups excluding carboxylic acids is 1. The standard InChI is InChI=1S/C15H15BrFNOS/c1-15(2,12-7-4-8-20-12)9-18-14(19)13-10(16)5-3-6-11(13)17/h3-8H,9H2,1-2H3,(H,18,19). The van der Waals surface area contributed by atoms with Crippen molar-refractivity contribution in [2.24, 2.45) is 0 Å². The summed E-state index contributed by atoms with van der Waals surface area (Å²) in [6.07, 6.45) is 0. The maximum Gasteiger partial charge on any atom is 0.255 e. The zero-order chi connectivity index (χ0) is 14.8. The SMILES string of the molecule is CC(C)(CNC(=O)c1c(F)cccc1Br)c1cccs1. The van der Waals surface area contributed by atoms with Crippen LogP contribution in [0.25, 0.3) is 0 Å². The number of carbonyl (C=O) groups is 1. The molecule has 1 aromatic carbocycles. The molecule has 20 heavy (non-hydrogen) atoms. The second kappa shape index (κ2) is 6.06. The second-order valence-corrected chi connectivity index (χ2v) is 6.94. The maximum atomic E-state index is 13.7. The number of hydrogen-bond acceptors (Lipinski definition) is 2. The first-order valence-electron chi connectivity index (χ1n) is 6.18. The van der Waals surface area contributed by atoms with Gasteiger partial charge >= 0.3 is 0 Å². The predicted octanol–water partition coefficient (Wildman–Crippen LogP) is 4.36. The van der Waals surface area contributed by atoms with E-state index in [0.29, 0.717) is 11.0 Å². The van der Waals surface area contributed by atoms with Gasteiger partial charge in [-0.15, -0.1) is 11.3 Å². The molecule has 1 amide bonds. The molecule has 0 saturated heterocycles. The maximum absolute atomic E-state index is 13.7. The van der Waals surface area contributed by atoms with Crippen molar-refractivity contribution < 1.29 is 9.18 Å². The van der Waals surface area contributed by atoms with Crippen molar-refractivity contribution in [1.82, 2.24) is 5.32 Å². The van der Waals surface area contributed by atoms with Crippen molar-refractivity contribution in [3.8, 4) is 0 Å². The van der Waals surface area contributed by atoms with E-state index in [0.717, 1.165) is 0 Å². The van der Waals surface area contributed by atoms with Crippen LogP contribution in [0, 0.1) is 5.82 Å². The van der Waals surface area contributed by atoms with Crippen LogP contribution in [0.15, 0.2) is 40.2 Å². The van der Waals surface area contributed by atoms with Crippen molar-refractivity contribution in [1.29, 1.82) is 0 Å². The highest BCUT2D eigenvalue weighted by Crippen LogP contribution is 2.27. The average molecular weight is 356 g/mol. The van der Waals surface area contributed by atoms with Crippen LogP contribution in [0.3, 0.4) is 0 Å². The van der Waals surface area contributed by atoms with Gasteiger partial charge in [0, 0.05) is 21.3 Å². The fourth-order valence-electron chi connectivity index (χ4n) is 1.86. The van der Waals surface area contributed by atoms with E-state index in [2.05, 4.69) is 35.1 Å². The molecule has 0 bridgehead atoms. The van der Waals surface area contributed by atoms with Crippen LogP contribution in [0.5, 0.6) is 0 Å². The van der Waals surface area contributed by atoms with E-state index in [4.69, 9.17) is 0 Å². The van der Waals surface area contributed by atoms with E-state index in [-0.39, 0.29) is 11.0 Å². The molecule has 2 rings (SSSR count). The summed E-state index contributed by atoms with van der Waals surface area (Å²) in [4.78, 5) is 13.3. The van der Waals surface area contributed by atoms with Gasteiger partial charge < -0.3 is 5.32 Å². The number of benzene rings is 1. The van der Waals surface area contributed by atoms with Gasteiger partial charge in [-0.1, -0.05) is 26.0 Å². The zero-order valence-electron chi connectivity index (χ0n) is 11.2. The Balaban J connectivity index is 2.10. The quantitative estimate of drug-likeness (QED) is 0.867. The molecule has 0 fully saturated rings. The van der Waals surface area contributed by atoms with E-state index in [1.54, 1.807) is 23.5 Å². The second-order valence-electron chi connectivity index (χ2n) is 5.14. The van der Waals surface area contributed by atoms with Gasteiger partial charge in [0.15, 0.2) is 0 Å². The third kappa shape index (κ3) is 3.27. The van der Waals surface area contributed by atoms with Gasteiger partial charge in [0.05, 0.1) is 5.56 Å². The third-order valence-corrected chi connectivity index (χ3v) is 4.97. The van der Waals surface area contributed by atoms with Gasteiger partial charge in [0.25, 0.3) is 5.91 Å². The summed E-state index contributed by atoms with van der Waals surface area (Å²) < 4.78 is 14.2. The van der Waals surface area contributed by atoms with Crippen LogP contribution in [0.4, 0.5) is 4.39 Å². The Morgan fingerprint density at radius 3 is 2.70 bits per heavy atom. The van der Waals surface area contributed by atoms with Gasteiger partial charge in [0.2, 0.25) is 0 Å². The van der Waals surface area contributed by atoms with Gasteiger partial charge in [0.1, 0.15) is 5.82 Å². The fourth-order valence-corrected chi connectivity index (χ4v) is 3.23. The summed E-state index contributed by atoms with van der Waals surface area (Å²) in [5.41, 5.74) is -0.129. The molecule has 0 aliphatic rings. The first-order chi connectivity index (χ1) is 9.42. The van der Waals surface area contributed by atoms with Crippen LogP contribution in [-0.2, 0) is 5.41 Å². The van der Waals surface area contributed by atoms with E-state index in [9.17, 15) is 9.18 Å². The minimum absolute atomic E-state index is 0.0504. The molecule has 106 valence electrons. The Morgan fingerprint density at radius 2 is 2.10 bits per heavy atom. The number of halogens is 2. The van der Waals surface area contributed by atoms with E-state index in [1.165, 1.54) is 10.9 Å². The van der Waals surface area contributed by atoms with Crippen molar-refractivity contribution in [3.63, 3.8) is 0 Å². The van der Waals surface area contributed by atoms with Gasteiger partial charge in [-0.3, -0.25) is 4.79 Å². The molecule has 1 heterocycles. The number of rotatable bonds is 4. The van der Waals surface area contributed by atoms with Crippen LogP contribution in [-0.4, -0.2) is 12.5 Å². The van der Waals surface area contributed by atoms with E-state index < -0.39 is 11.7 Å². The van der Waals surface area contributed by atoms with Gasteiger partial charge in [-0.05, 0) is 39.5 Å². The van der Waals surface area contributed by atoms with Crippen molar-refractivity contribution >= 4 is 33.2 Å². The molecule has 0 atom stereocenters. The average Bonchev–Trinajstić information content (AvgIpc) is 2.91. The normalized spacial score (nSPS) is 11.4. The number of nitrogens with one attached hydrogen (secondary N) is 1. The Bertz CT molecular complexity index is 590. The first-order valence-corrected chi connectivity index (χ1v) is 7.85. The predicted molar refractivity (Wildman–Crippen MR) is 83.8 cm³/mol. The summed E-state index contributed by atoms with van der Waals surface area (Å²) in [6, 6.07) is 8.52. The molecule has 0 aliphatic carbocycles. The topological polar surface area (TPSA) is 29.1 Å². The Hall–Kier alpha value is -1.20. The molecule has 1 N–H and O–H groups in total. The first kappa shape index (κ1) is 15.2. The molecule has 2 nitrogen and oxygen atoms in total. The lowest BCUT2D eigenvalue weighted by molar-refractivity contribution is 0.0941. The Labute approximate surface area is 130 Å². The molecule has 0 aliphatic heterocycles. The Morgan fingerprint density at radius 1 is 1.35 bits per heavy atom. The zero-order valence-corrected chi connectivity index (χ0v) is 13.6. The number of hydrogen-bond donors (Lipinski definition) is 1. The lowest BCUT2D eigenvalue weighted by Crippen LogP contribution is -2.36. The molecule has 0 radical (unpaired) electrons. The third-order valence-electron chi connectivity index (χ3n) is 3.07.